The Balaban J connectivity index is 2.05. The van der Waals surface area contributed by atoms with Gasteiger partial charge in [-0.15, -0.1) is 11.3 Å². The lowest BCUT2D eigenvalue weighted by molar-refractivity contribution is 0.0925. The van der Waals surface area contributed by atoms with Crippen LogP contribution in [0.2, 0.25) is 0 Å². The van der Waals surface area contributed by atoms with Crippen LogP contribution in [-0.2, 0) is 0 Å². The highest BCUT2D eigenvalue weighted by Gasteiger charge is 2.17. The number of likely N-dealkylation sites (N-methyl/N-ethyl adjacent to an activating group) is 1. The number of hydrogen-bond acceptors (Lipinski definition) is 3. The van der Waals surface area contributed by atoms with Gasteiger partial charge in [0.25, 0.3) is 0 Å². The Hall–Kier alpha value is -1.45. The van der Waals surface area contributed by atoms with Gasteiger partial charge < -0.3 is 0 Å². The number of thiophene rings is 1. The maximum atomic E-state index is 12.3. The van der Waals surface area contributed by atoms with Gasteiger partial charge in [-0.05, 0) is 37.9 Å². The highest BCUT2D eigenvalue weighted by molar-refractivity contribution is 7.10. The van der Waals surface area contributed by atoms with E-state index in [0.717, 1.165) is 11.1 Å². The minimum atomic E-state index is 0.184. The minimum absolute atomic E-state index is 0.184. The smallest absolute Gasteiger partial charge is 0.177 e. The predicted octanol–water partition coefficient (Wildman–Crippen LogP) is 3.93. The van der Waals surface area contributed by atoms with E-state index in [2.05, 4.69) is 23.3 Å². The van der Waals surface area contributed by atoms with Gasteiger partial charge in [0.1, 0.15) is 0 Å². The lowest BCUT2D eigenvalue weighted by atomic mass is 10.0. The molecule has 2 nitrogen and oxygen atoms in total. The van der Waals surface area contributed by atoms with Gasteiger partial charge in [-0.2, -0.15) is 0 Å². The van der Waals surface area contributed by atoms with Crippen LogP contribution >= 0.6 is 11.3 Å². The topological polar surface area (TPSA) is 20.3 Å². The molecule has 0 radical (unpaired) electrons. The molecule has 0 saturated heterocycles. The molecule has 100 valence electrons. The number of aryl methyl sites for hydroxylation is 1. The van der Waals surface area contributed by atoms with Crippen molar-refractivity contribution in [3.8, 4) is 0 Å². The van der Waals surface area contributed by atoms with Crippen molar-refractivity contribution in [2.75, 3.05) is 13.6 Å². The first-order valence-corrected chi connectivity index (χ1v) is 7.30. The number of ketones is 1. The molecular weight excluding hydrogens is 254 g/mol. The van der Waals surface area contributed by atoms with Crippen LogP contribution in [0.1, 0.15) is 33.8 Å². The summed E-state index contributed by atoms with van der Waals surface area (Å²) in [7, 11) is 2.00. The van der Waals surface area contributed by atoms with Crippen LogP contribution < -0.4 is 0 Å². The van der Waals surface area contributed by atoms with Crippen LogP contribution in [0, 0.1) is 6.92 Å². The molecule has 0 amide bonds. The minimum Gasteiger partial charge on any atom is -0.293 e. The fourth-order valence-electron chi connectivity index (χ4n) is 2.08. The Morgan fingerprint density at radius 1 is 1.26 bits per heavy atom. The van der Waals surface area contributed by atoms with E-state index in [1.54, 1.807) is 11.3 Å². The van der Waals surface area contributed by atoms with Crippen LogP contribution in [0.5, 0.6) is 0 Å². The summed E-state index contributed by atoms with van der Waals surface area (Å²) in [5.41, 5.74) is 1.87. The normalized spacial score (nSPS) is 12.6. The monoisotopic (exact) mass is 273 g/mol. The number of carbonyl (C=O) groups excluding carboxylic acids is 1. The first-order valence-electron chi connectivity index (χ1n) is 6.42. The van der Waals surface area contributed by atoms with Gasteiger partial charge >= 0.3 is 0 Å². The summed E-state index contributed by atoms with van der Waals surface area (Å²) in [5.74, 6) is 0.184. The summed E-state index contributed by atoms with van der Waals surface area (Å²) < 4.78 is 0. The molecule has 0 aliphatic rings. The van der Waals surface area contributed by atoms with Crippen LogP contribution in [-0.4, -0.2) is 24.3 Å². The molecule has 1 unspecified atom stereocenters. The molecule has 2 rings (SSSR count). The van der Waals surface area contributed by atoms with Gasteiger partial charge in [0.05, 0.1) is 6.54 Å². The molecule has 0 spiro atoms. The molecule has 0 bridgehead atoms. The van der Waals surface area contributed by atoms with Gasteiger partial charge in [0, 0.05) is 16.5 Å². The zero-order valence-electron chi connectivity index (χ0n) is 11.6. The third-order valence-electron chi connectivity index (χ3n) is 3.45. The second-order valence-corrected chi connectivity index (χ2v) is 5.82. The van der Waals surface area contributed by atoms with E-state index >= 15 is 0 Å². The quantitative estimate of drug-likeness (QED) is 0.769. The van der Waals surface area contributed by atoms with Crippen LogP contribution in [0.4, 0.5) is 0 Å². The maximum Gasteiger partial charge on any atom is 0.177 e. The van der Waals surface area contributed by atoms with E-state index in [1.807, 2.05) is 44.3 Å². The molecule has 1 heterocycles. The SMILES string of the molecule is Cc1ccccc1C(=O)CN(C)C(C)c1cccs1. The van der Waals surface area contributed by atoms with E-state index in [-0.39, 0.29) is 11.8 Å². The molecule has 0 saturated carbocycles. The molecule has 0 N–H and O–H groups in total. The molecule has 3 heteroatoms. The fraction of sp³-hybridized carbons (Fsp3) is 0.312. The van der Waals surface area contributed by atoms with Gasteiger partial charge in [-0.1, -0.05) is 30.3 Å². The summed E-state index contributed by atoms with van der Waals surface area (Å²) >= 11 is 1.73. The number of Topliss-reactive ketones (excluding diaryl/α,β-unsaturated/α-hetero) is 1. The lowest BCUT2D eigenvalue weighted by Crippen LogP contribution is -2.28. The van der Waals surface area contributed by atoms with Gasteiger partial charge in [0.2, 0.25) is 0 Å². The summed E-state index contributed by atoms with van der Waals surface area (Å²) in [6.45, 7) is 4.57. The van der Waals surface area contributed by atoms with Gasteiger partial charge in [-0.25, -0.2) is 0 Å². The zero-order chi connectivity index (χ0) is 13.8. The molecule has 19 heavy (non-hydrogen) atoms. The summed E-state index contributed by atoms with van der Waals surface area (Å²) in [6.07, 6.45) is 0. The Labute approximate surface area is 118 Å². The Morgan fingerprint density at radius 2 is 2.00 bits per heavy atom. The summed E-state index contributed by atoms with van der Waals surface area (Å²) in [6, 6.07) is 12.2. The van der Waals surface area contributed by atoms with E-state index in [0.29, 0.717) is 6.54 Å². The first-order chi connectivity index (χ1) is 9.09. The Morgan fingerprint density at radius 3 is 2.63 bits per heavy atom. The van der Waals surface area contributed by atoms with Gasteiger partial charge in [-0.3, -0.25) is 9.69 Å². The van der Waals surface area contributed by atoms with Crippen molar-refractivity contribution in [2.24, 2.45) is 0 Å². The third kappa shape index (κ3) is 3.31. The number of rotatable bonds is 5. The van der Waals surface area contributed by atoms with Crippen molar-refractivity contribution in [1.82, 2.24) is 4.90 Å². The molecule has 1 aromatic heterocycles. The zero-order valence-corrected chi connectivity index (χ0v) is 12.4. The second-order valence-electron chi connectivity index (χ2n) is 4.84. The third-order valence-corrected chi connectivity index (χ3v) is 4.50. The Bertz CT molecular complexity index is 548. The number of hydrogen-bond donors (Lipinski definition) is 0. The molecule has 0 aliphatic carbocycles. The average Bonchev–Trinajstić information content (AvgIpc) is 2.92. The number of carbonyl (C=O) groups is 1. The van der Waals surface area contributed by atoms with E-state index in [1.165, 1.54) is 4.88 Å². The van der Waals surface area contributed by atoms with Crippen molar-refractivity contribution in [3.63, 3.8) is 0 Å². The molecular formula is C16H19NOS. The highest BCUT2D eigenvalue weighted by Crippen LogP contribution is 2.23. The van der Waals surface area contributed by atoms with Crippen molar-refractivity contribution in [3.05, 3.63) is 57.8 Å². The predicted molar refractivity (Wildman–Crippen MR) is 80.9 cm³/mol. The van der Waals surface area contributed by atoms with Crippen molar-refractivity contribution in [2.45, 2.75) is 19.9 Å². The number of benzene rings is 1. The second kappa shape index (κ2) is 6.13. The largest absolute Gasteiger partial charge is 0.293 e. The molecule has 1 atom stereocenters. The van der Waals surface area contributed by atoms with Crippen molar-refractivity contribution in [1.29, 1.82) is 0 Å². The summed E-state index contributed by atoms with van der Waals surface area (Å²) in [4.78, 5) is 15.7. The molecule has 1 aromatic carbocycles. The van der Waals surface area contributed by atoms with Crippen LogP contribution in [0.25, 0.3) is 0 Å². The van der Waals surface area contributed by atoms with Crippen molar-refractivity contribution < 1.29 is 4.79 Å². The highest BCUT2D eigenvalue weighted by atomic mass is 32.1. The van der Waals surface area contributed by atoms with Crippen LogP contribution in [0.15, 0.2) is 41.8 Å². The first kappa shape index (κ1) is 14.0. The standard InChI is InChI=1S/C16H19NOS/c1-12-7-4-5-8-14(12)15(18)11-17(3)13(2)16-9-6-10-19-16/h4-10,13H,11H2,1-3H3. The average molecular weight is 273 g/mol. The number of nitrogens with zero attached hydrogens (tertiary/aromatic N) is 1. The van der Waals surface area contributed by atoms with Crippen LogP contribution in [0.3, 0.4) is 0 Å². The fourth-order valence-corrected chi connectivity index (χ4v) is 2.93. The van der Waals surface area contributed by atoms with Gasteiger partial charge in [0.15, 0.2) is 5.78 Å². The maximum absolute atomic E-state index is 12.3. The van der Waals surface area contributed by atoms with E-state index in [9.17, 15) is 4.79 Å². The lowest BCUT2D eigenvalue weighted by Gasteiger charge is -2.23. The summed E-state index contributed by atoms with van der Waals surface area (Å²) in [5, 5.41) is 2.07. The van der Waals surface area contributed by atoms with Crippen molar-refractivity contribution >= 4 is 17.1 Å². The molecule has 2 aromatic rings. The molecule has 0 fully saturated rings. The van der Waals surface area contributed by atoms with E-state index in [4.69, 9.17) is 0 Å². The van der Waals surface area contributed by atoms with E-state index < -0.39 is 0 Å². The Kier molecular flexibility index (Phi) is 4.51. The molecule has 0 aliphatic heterocycles.